The number of fused-ring (bicyclic) bond motifs is 1. The van der Waals surface area contributed by atoms with Crippen LogP contribution in [0.3, 0.4) is 0 Å². The molecule has 3 heteroatoms. The third kappa shape index (κ3) is 1.51. The van der Waals surface area contributed by atoms with Gasteiger partial charge in [-0.3, -0.25) is 0 Å². The van der Waals surface area contributed by atoms with Crippen LogP contribution >= 0.6 is 11.3 Å². The summed E-state index contributed by atoms with van der Waals surface area (Å²) < 4.78 is 0. The molecule has 2 nitrogen and oxygen atoms in total. The quantitative estimate of drug-likeness (QED) is 0.632. The van der Waals surface area contributed by atoms with Crippen LogP contribution < -0.4 is 0 Å². The van der Waals surface area contributed by atoms with Gasteiger partial charge in [0.25, 0.3) is 0 Å². The lowest BCUT2D eigenvalue weighted by Gasteiger charge is -2.34. The highest BCUT2D eigenvalue weighted by molar-refractivity contribution is 7.11. The molecule has 1 aliphatic heterocycles. The van der Waals surface area contributed by atoms with E-state index in [1.807, 2.05) is 11.3 Å². The molecule has 0 saturated heterocycles. The maximum atomic E-state index is 4.63. The van der Waals surface area contributed by atoms with E-state index in [9.17, 15) is 0 Å². The van der Waals surface area contributed by atoms with Crippen LogP contribution in [0.4, 0.5) is 0 Å². The molecule has 0 fully saturated rings. The Labute approximate surface area is 83.6 Å². The van der Waals surface area contributed by atoms with Crippen molar-refractivity contribution in [3.05, 3.63) is 15.6 Å². The zero-order valence-electron chi connectivity index (χ0n) is 8.72. The van der Waals surface area contributed by atoms with Gasteiger partial charge >= 0.3 is 0 Å². The fraction of sp³-hybridized carbons (Fsp3) is 0.700. The van der Waals surface area contributed by atoms with Crippen LogP contribution in [-0.2, 0) is 12.0 Å². The maximum absolute atomic E-state index is 4.63. The molecule has 0 atom stereocenters. The summed E-state index contributed by atoms with van der Waals surface area (Å²) in [5, 5.41) is 1.20. The fourth-order valence-corrected chi connectivity index (χ4v) is 3.35. The summed E-state index contributed by atoms with van der Waals surface area (Å²) in [6, 6.07) is 0. The molecule has 1 aromatic heterocycles. The molecule has 0 radical (unpaired) electrons. The Kier molecular flexibility index (Phi) is 1.96. The smallest absolute Gasteiger partial charge is 0.0900 e. The average molecular weight is 196 g/mol. The van der Waals surface area contributed by atoms with Gasteiger partial charge in [-0.25, -0.2) is 4.98 Å². The first-order valence-electron chi connectivity index (χ1n) is 4.64. The number of hydrogen-bond donors (Lipinski definition) is 0. The van der Waals surface area contributed by atoms with Gasteiger partial charge in [-0.15, -0.1) is 11.3 Å². The summed E-state index contributed by atoms with van der Waals surface area (Å²) >= 11 is 1.84. The second-order valence-electron chi connectivity index (χ2n) is 4.56. The fourth-order valence-electron chi connectivity index (χ4n) is 2.16. The summed E-state index contributed by atoms with van der Waals surface area (Å²) in [4.78, 5) is 8.46. The highest BCUT2D eigenvalue weighted by Crippen LogP contribution is 2.34. The predicted molar refractivity (Wildman–Crippen MR) is 56.2 cm³/mol. The van der Waals surface area contributed by atoms with Gasteiger partial charge < -0.3 is 4.90 Å². The molecule has 0 spiro atoms. The van der Waals surface area contributed by atoms with Crippen molar-refractivity contribution in [1.82, 2.24) is 9.88 Å². The molecule has 0 aromatic carbocycles. The first kappa shape index (κ1) is 9.16. The number of likely N-dealkylation sites (N-methyl/N-ethyl adjacent to an activating group) is 1. The van der Waals surface area contributed by atoms with E-state index in [4.69, 9.17) is 0 Å². The molecule has 1 aromatic rings. The Morgan fingerprint density at radius 3 is 2.85 bits per heavy atom. The minimum Gasteiger partial charge on any atom is -0.300 e. The highest BCUT2D eigenvalue weighted by atomic mass is 32.1. The van der Waals surface area contributed by atoms with Crippen molar-refractivity contribution in [3.8, 4) is 0 Å². The van der Waals surface area contributed by atoms with Gasteiger partial charge in [-0.1, -0.05) is 13.8 Å². The van der Waals surface area contributed by atoms with Crippen molar-refractivity contribution >= 4 is 11.3 Å². The maximum Gasteiger partial charge on any atom is 0.0900 e. The number of hydrogen-bond acceptors (Lipinski definition) is 3. The number of rotatable bonds is 0. The van der Waals surface area contributed by atoms with Crippen molar-refractivity contribution in [1.29, 1.82) is 0 Å². The van der Waals surface area contributed by atoms with E-state index in [0.29, 0.717) is 0 Å². The Balaban J connectivity index is 2.49. The summed E-state index contributed by atoms with van der Waals surface area (Å²) in [5.41, 5.74) is 1.56. The minimum absolute atomic E-state index is 0.229. The number of nitrogens with zero attached hydrogens (tertiary/aromatic N) is 2. The topological polar surface area (TPSA) is 16.1 Å². The Morgan fingerprint density at radius 2 is 2.15 bits per heavy atom. The molecule has 72 valence electrons. The highest BCUT2D eigenvalue weighted by Gasteiger charge is 2.33. The first-order chi connectivity index (χ1) is 5.99. The average Bonchev–Trinajstić information content (AvgIpc) is 2.28. The third-order valence-electron chi connectivity index (χ3n) is 2.52. The van der Waals surface area contributed by atoms with E-state index in [1.54, 1.807) is 0 Å². The second kappa shape index (κ2) is 2.79. The minimum atomic E-state index is 0.229. The Morgan fingerprint density at radius 1 is 1.46 bits per heavy atom. The van der Waals surface area contributed by atoms with Gasteiger partial charge in [0, 0.05) is 23.4 Å². The van der Waals surface area contributed by atoms with Crippen LogP contribution in [0, 0.1) is 6.92 Å². The van der Waals surface area contributed by atoms with Crippen LogP contribution in [0.25, 0.3) is 0 Å². The Bertz CT molecular complexity index is 328. The molecule has 13 heavy (non-hydrogen) atoms. The molecular weight excluding hydrogens is 180 g/mol. The van der Waals surface area contributed by atoms with Crippen LogP contribution in [-0.4, -0.2) is 23.5 Å². The lowest BCUT2D eigenvalue weighted by atomic mass is 9.85. The number of aryl methyl sites for hydroxylation is 1. The molecule has 0 amide bonds. The van der Waals surface area contributed by atoms with Gasteiger partial charge in [0.05, 0.1) is 10.7 Å². The molecule has 1 aliphatic rings. The molecule has 0 saturated carbocycles. The van der Waals surface area contributed by atoms with Gasteiger partial charge in [0.15, 0.2) is 0 Å². The van der Waals surface area contributed by atoms with E-state index in [2.05, 4.69) is 37.7 Å². The third-order valence-corrected chi connectivity index (χ3v) is 3.48. The molecule has 0 N–H and O–H groups in total. The number of thiazole rings is 1. The van der Waals surface area contributed by atoms with E-state index in [-0.39, 0.29) is 5.41 Å². The summed E-state index contributed by atoms with van der Waals surface area (Å²) in [5.74, 6) is 0. The van der Waals surface area contributed by atoms with Gasteiger partial charge in [-0.05, 0) is 14.0 Å². The summed E-state index contributed by atoms with van der Waals surface area (Å²) in [6.07, 6.45) is 0. The van der Waals surface area contributed by atoms with Crippen LogP contribution in [0.5, 0.6) is 0 Å². The van der Waals surface area contributed by atoms with Crippen molar-refractivity contribution < 1.29 is 0 Å². The molecule has 2 rings (SSSR count). The molecule has 2 heterocycles. The standard InChI is InChI=1S/C10H16N2S/c1-7-11-9-8(13-7)5-12(4)6-10(9,2)3/h5-6H2,1-4H3. The molecule has 0 aliphatic carbocycles. The van der Waals surface area contributed by atoms with E-state index < -0.39 is 0 Å². The monoisotopic (exact) mass is 196 g/mol. The summed E-state index contributed by atoms with van der Waals surface area (Å²) in [6.45, 7) is 8.84. The van der Waals surface area contributed by atoms with Gasteiger partial charge in [0.2, 0.25) is 0 Å². The summed E-state index contributed by atoms with van der Waals surface area (Å²) in [7, 11) is 2.18. The van der Waals surface area contributed by atoms with Gasteiger partial charge in [-0.2, -0.15) is 0 Å². The lowest BCUT2D eigenvalue weighted by molar-refractivity contribution is 0.235. The van der Waals surface area contributed by atoms with E-state index >= 15 is 0 Å². The van der Waals surface area contributed by atoms with Crippen molar-refractivity contribution in [3.63, 3.8) is 0 Å². The van der Waals surface area contributed by atoms with E-state index in [1.165, 1.54) is 15.6 Å². The lowest BCUT2D eigenvalue weighted by Crippen LogP contribution is -2.39. The predicted octanol–water partition coefficient (Wildman–Crippen LogP) is 2.17. The second-order valence-corrected chi connectivity index (χ2v) is 5.85. The van der Waals surface area contributed by atoms with Crippen molar-refractivity contribution in [2.45, 2.75) is 32.7 Å². The van der Waals surface area contributed by atoms with Gasteiger partial charge in [0.1, 0.15) is 0 Å². The largest absolute Gasteiger partial charge is 0.300 e. The van der Waals surface area contributed by atoms with E-state index in [0.717, 1.165) is 13.1 Å². The molecule has 0 bridgehead atoms. The normalized spacial score (nSPS) is 21.5. The Hall–Kier alpha value is -0.410. The van der Waals surface area contributed by atoms with Crippen LogP contribution in [0.1, 0.15) is 29.4 Å². The van der Waals surface area contributed by atoms with Crippen LogP contribution in [0.15, 0.2) is 0 Å². The SMILES string of the molecule is Cc1nc2c(s1)CN(C)CC2(C)C. The van der Waals surface area contributed by atoms with Crippen LogP contribution in [0.2, 0.25) is 0 Å². The van der Waals surface area contributed by atoms with Crippen molar-refractivity contribution in [2.75, 3.05) is 13.6 Å². The first-order valence-corrected chi connectivity index (χ1v) is 5.46. The zero-order valence-corrected chi connectivity index (χ0v) is 9.53. The zero-order chi connectivity index (χ0) is 9.64. The molecule has 0 unspecified atom stereocenters. The number of aromatic nitrogens is 1. The molecular formula is C10H16N2S. The van der Waals surface area contributed by atoms with Crippen molar-refractivity contribution in [2.24, 2.45) is 0 Å².